The van der Waals surface area contributed by atoms with Gasteiger partial charge in [0, 0.05) is 19.7 Å². The van der Waals surface area contributed by atoms with Gasteiger partial charge in [0.05, 0.1) is 18.1 Å². The third-order valence-corrected chi connectivity index (χ3v) is 3.68. The Morgan fingerprint density at radius 1 is 1.45 bits per heavy atom. The lowest BCUT2D eigenvalue weighted by molar-refractivity contribution is -0.137. The Hall–Kier alpha value is -1.95. The Kier molecular flexibility index (Phi) is 5.49. The van der Waals surface area contributed by atoms with E-state index in [1.54, 1.807) is 13.0 Å². The number of hydrogen-bond donors (Lipinski definition) is 1. The van der Waals surface area contributed by atoms with E-state index in [1.165, 1.54) is 17.0 Å². The molecule has 0 spiro atoms. The molecule has 1 atom stereocenters. The zero-order valence-corrected chi connectivity index (χ0v) is 12.5. The number of ether oxygens (including phenoxy) is 1. The molecule has 0 radical (unpaired) electrons. The van der Waals surface area contributed by atoms with Crippen LogP contribution in [0, 0.1) is 12.7 Å². The highest BCUT2D eigenvalue weighted by atomic mass is 19.1. The number of carboxylic acid groups (broad SMARTS) is 1. The third kappa shape index (κ3) is 4.27. The van der Waals surface area contributed by atoms with E-state index in [2.05, 4.69) is 0 Å². The van der Waals surface area contributed by atoms with Crippen LogP contribution in [0.25, 0.3) is 0 Å². The number of amides is 1. The molecule has 120 valence electrons. The van der Waals surface area contributed by atoms with Gasteiger partial charge in [-0.1, -0.05) is 11.6 Å². The van der Waals surface area contributed by atoms with E-state index in [-0.39, 0.29) is 24.6 Å². The van der Waals surface area contributed by atoms with Crippen molar-refractivity contribution in [1.29, 1.82) is 0 Å². The third-order valence-electron chi connectivity index (χ3n) is 3.68. The first kappa shape index (κ1) is 16.4. The number of aliphatic carboxylic acids is 1. The molecule has 1 aliphatic rings. The van der Waals surface area contributed by atoms with Crippen molar-refractivity contribution in [2.24, 2.45) is 0 Å². The molecule has 22 heavy (non-hydrogen) atoms. The van der Waals surface area contributed by atoms with E-state index in [0.29, 0.717) is 13.2 Å². The highest BCUT2D eigenvalue weighted by Crippen LogP contribution is 2.17. The van der Waals surface area contributed by atoms with E-state index in [0.717, 1.165) is 18.4 Å². The summed E-state index contributed by atoms with van der Waals surface area (Å²) < 4.78 is 19.4. The number of benzene rings is 1. The Morgan fingerprint density at radius 3 is 2.86 bits per heavy atom. The molecule has 1 heterocycles. The predicted octanol–water partition coefficient (Wildman–Crippen LogP) is 2.23. The zero-order valence-electron chi connectivity index (χ0n) is 12.5. The van der Waals surface area contributed by atoms with Gasteiger partial charge in [-0.2, -0.15) is 0 Å². The summed E-state index contributed by atoms with van der Waals surface area (Å²) in [5, 5.41) is 8.83. The number of carbonyl (C=O) groups is 2. The first-order chi connectivity index (χ1) is 10.5. The van der Waals surface area contributed by atoms with Gasteiger partial charge in [0.2, 0.25) is 0 Å². The van der Waals surface area contributed by atoms with Crippen molar-refractivity contribution in [3.63, 3.8) is 0 Å². The first-order valence-corrected chi connectivity index (χ1v) is 7.36. The lowest BCUT2D eigenvalue weighted by Gasteiger charge is -2.25. The van der Waals surface area contributed by atoms with Crippen molar-refractivity contribution in [3.05, 3.63) is 35.1 Å². The number of carbonyl (C=O) groups excluding carboxylic acids is 1. The van der Waals surface area contributed by atoms with Crippen LogP contribution in [0.1, 0.15) is 35.2 Å². The molecule has 1 unspecified atom stereocenters. The highest BCUT2D eigenvalue weighted by molar-refractivity contribution is 5.94. The molecular weight excluding hydrogens is 289 g/mol. The summed E-state index contributed by atoms with van der Waals surface area (Å²) in [5.74, 6) is -2.07. The molecule has 0 saturated carbocycles. The molecule has 0 aromatic heterocycles. The van der Waals surface area contributed by atoms with Crippen LogP contribution in [0.4, 0.5) is 4.39 Å². The second kappa shape index (κ2) is 7.35. The van der Waals surface area contributed by atoms with Gasteiger partial charge < -0.3 is 14.7 Å². The smallest absolute Gasteiger partial charge is 0.305 e. The van der Waals surface area contributed by atoms with Gasteiger partial charge in [-0.05, 0) is 31.9 Å². The second-order valence-corrected chi connectivity index (χ2v) is 5.51. The topological polar surface area (TPSA) is 66.8 Å². The maximum absolute atomic E-state index is 13.9. The average Bonchev–Trinajstić information content (AvgIpc) is 2.98. The Balaban J connectivity index is 2.16. The molecule has 1 fully saturated rings. The number of halogens is 1. The van der Waals surface area contributed by atoms with E-state index < -0.39 is 17.7 Å². The van der Waals surface area contributed by atoms with Crippen LogP contribution in [0.5, 0.6) is 0 Å². The summed E-state index contributed by atoms with van der Waals surface area (Å²) in [6.45, 7) is 2.75. The number of nitrogens with zero attached hydrogens (tertiary/aromatic N) is 1. The lowest BCUT2D eigenvalue weighted by Crippen LogP contribution is -2.39. The Bertz CT molecular complexity index is 555. The van der Waals surface area contributed by atoms with Crippen LogP contribution in [0.15, 0.2) is 18.2 Å². The maximum Gasteiger partial charge on any atom is 0.305 e. The van der Waals surface area contributed by atoms with E-state index in [1.807, 2.05) is 0 Å². The fraction of sp³-hybridized carbons (Fsp3) is 0.500. The Morgan fingerprint density at radius 2 is 2.23 bits per heavy atom. The summed E-state index contributed by atoms with van der Waals surface area (Å²) in [5.41, 5.74) is 0.753. The molecule has 2 rings (SSSR count). The Labute approximate surface area is 128 Å². The van der Waals surface area contributed by atoms with Gasteiger partial charge in [-0.25, -0.2) is 4.39 Å². The molecule has 1 aromatic carbocycles. The molecule has 5 nitrogen and oxygen atoms in total. The van der Waals surface area contributed by atoms with Crippen molar-refractivity contribution in [3.8, 4) is 0 Å². The van der Waals surface area contributed by atoms with Crippen molar-refractivity contribution >= 4 is 11.9 Å². The van der Waals surface area contributed by atoms with Crippen LogP contribution in [0.3, 0.4) is 0 Å². The predicted molar refractivity (Wildman–Crippen MR) is 78.3 cm³/mol. The molecule has 1 saturated heterocycles. The second-order valence-electron chi connectivity index (χ2n) is 5.51. The van der Waals surface area contributed by atoms with Crippen molar-refractivity contribution in [1.82, 2.24) is 4.90 Å². The summed E-state index contributed by atoms with van der Waals surface area (Å²) in [6, 6.07) is 4.33. The van der Waals surface area contributed by atoms with Crippen LogP contribution in [-0.4, -0.2) is 47.7 Å². The standard InChI is InChI=1S/C16H20FNO4/c1-11-4-5-14(17)13(9-11)16(21)18(7-6-15(19)20)10-12-3-2-8-22-12/h4-5,9,12H,2-3,6-8,10H2,1H3,(H,19,20). The number of carboxylic acids is 1. The van der Waals surface area contributed by atoms with Crippen LogP contribution in [-0.2, 0) is 9.53 Å². The fourth-order valence-corrected chi connectivity index (χ4v) is 2.51. The van der Waals surface area contributed by atoms with E-state index >= 15 is 0 Å². The summed E-state index contributed by atoms with van der Waals surface area (Å²) in [6.07, 6.45) is 1.47. The number of aryl methyl sites for hydroxylation is 1. The van der Waals surface area contributed by atoms with Gasteiger partial charge in [-0.3, -0.25) is 9.59 Å². The maximum atomic E-state index is 13.9. The van der Waals surface area contributed by atoms with Gasteiger partial charge in [0.1, 0.15) is 5.82 Å². The quantitative estimate of drug-likeness (QED) is 0.875. The monoisotopic (exact) mass is 309 g/mol. The lowest BCUT2D eigenvalue weighted by atomic mass is 10.1. The summed E-state index contributed by atoms with van der Waals surface area (Å²) in [4.78, 5) is 24.7. The van der Waals surface area contributed by atoms with Crippen molar-refractivity contribution in [2.75, 3.05) is 19.7 Å². The van der Waals surface area contributed by atoms with Crippen LogP contribution >= 0.6 is 0 Å². The largest absolute Gasteiger partial charge is 0.481 e. The van der Waals surface area contributed by atoms with Gasteiger partial charge >= 0.3 is 5.97 Å². The van der Waals surface area contributed by atoms with Gasteiger partial charge in [0.25, 0.3) is 5.91 Å². The zero-order chi connectivity index (χ0) is 16.1. The molecule has 1 N–H and O–H groups in total. The number of rotatable bonds is 6. The van der Waals surface area contributed by atoms with Gasteiger partial charge in [-0.15, -0.1) is 0 Å². The molecular formula is C16H20FNO4. The molecule has 1 amide bonds. The van der Waals surface area contributed by atoms with Crippen molar-refractivity contribution in [2.45, 2.75) is 32.3 Å². The molecule has 1 aliphatic heterocycles. The first-order valence-electron chi connectivity index (χ1n) is 7.36. The molecule has 0 aliphatic carbocycles. The molecule has 0 bridgehead atoms. The minimum atomic E-state index is -0.991. The minimum absolute atomic E-state index is 0.0246. The average molecular weight is 309 g/mol. The molecule has 1 aromatic rings. The fourth-order valence-electron chi connectivity index (χ4n) is 2.51. The van der Waals surface area contributed by atoms with Gasteiger partial charge in [0.15, 0.2) is 0 Å². The minimum Gasteiger partial charge on any atom is -0.481 e. The van der Waals surface area contributed by atoms with Crippen LogP contribution in [0.2, 0.25) is 0 Å². The summed E-state index contributed by atoms with van der Waals surface area (Å²) in [7, 11) is 0. The normalized spacial score (nSPS) is 17.5. The van der Waals surface area contributed by atoms with Crippen LogP contribution < -0.4 is 0 Å². The van der Waals surface area contributed by atoms with E-state index in [9.17, 15) is 14.0 Å². The SMILES string of the molecule is Cc1ccc(F)c(C(=O)N(CCC(=O)O)CC2CCCO2)c1. The van der Waals surface area contributed by atoms with E-state index in [4.69, 9.17) is 9.84 Å². The highest BCUT2D eigenvalue weighted by Gasteiger charge is 2.25. The molecule has 6 heteroatoms. The summed E-state index contributed by atoms with van der Waals surface area (Å²) >= 11 is 0. The van der Waals surface area contributed by atoms with Crippen molar-refractivity contribution < 1.29 is 23.8 Å². The number of hydrogen-bond acceptors (Lipinski definition) is 3.